The van der Waals surface area contributed by atoms with Gasteiger partial charge in [0.05, 0.1) is 18.4 Å². The van der Waals surface area contributed by atoms with Crippen molar-refractivity contribution in [3.63, 3.8) is 0 Å². The van der Waals surface area contributed by atoms with E-state index in [-0.39, 0.29) is 25.1 Å². The molecule has 3 heterocycles. The van der Waals surface area contributed by atoms with Crippen LogP contribution >= 0.6 is 0 Å². The van der Waals surface area contributed by atoms with Crippen molar-refractivity contribution in [3.8, 4) is 0 Å². The molecule has 1 N–H and O–H groups in total. The van der Waals surface area contributed by atoms with Gasteiger partial charge < -0.3 is 14.6 Å². The third kappa shape index (κ3) is 3.39. The Balaban J connectivity index is 1.88. The summed E-state index contributed by atoms with van der Waals surface area (Å²) in [5.41, 5.74) is -4.42. The first-order valence-corrected chi connectivity index (χ1v) is 9.87. The monoisotopic (exact) mass is 447 g/mol. The number of hydrogen-bond acceptors (Lipinski definition) is 5. The minimum absolute atomic E-state index is 0.0304. The number of hydrogen-bond donors (Lipinski definition) is 1. The number of rotatable bonds is 4. The summed E-state index contributed by atoms with van der Waals surface area (Å²) in [6.07, 6.45) is -1.34. The minimum Gasteiger partial charge on any atom is -0.459 e. The number of ketones is 1. The van der Waals surface area contributed by atoms with Crippen molar-refractivity contribution in [2.24, 2.45) is 5.41 Å². The number of Topliss-reactive ketones (excluding diaryl/α,β-unsaturated/α-hetero) is 1. The quantitative estimate of drug-likeness (QED) is 0.776. The fraction of sp³-hybridized carbons (Fsp3) is 0.364. The Morgan fingerprint density at radius 3 is 2.56 bits per heavy atom. The third-order valence-electron chi connectivity index (χ3n) is 5.65. The van der Waals surface area contributed by atoms with Gasteiger partial charge in [-0.3, -0.25) is 19.4 Å². The van der Waals surface area contributed by atoms with Gasteiger partial charge in [-0.15, -0.1) is 0 Å². The number of halogens is 3. The van der Waals surface area contributed by atoms with Crippen LogP contribution in [0.2, 0.25) is 0 Å². The van der Waals surface area contributed by atoms with Crippen molar-refractivity contribution in [2.75, 3.05) is 0 Å². The van der Waals surface area contributed by atoms with Gasteiger partial charge in [-0.1, -0.05) is 19.9 Å². The van der Waals surface area contributed by atoms with Gasteiger partial charge >= 0.3 is 6.18 Å². The van der Waals surface area contributed by atoms with Gasteiger partial charge in [-0.2, -0.15) is 13.2 Å². The number of nitrogens with one attached hydrogen (secondary N) is 1. The molecule has 0 saturated carbocycles. The highest BCUT2D eigenvalue weighted by atomic mass is 19.4. The molecule has 1 aliphatic carbocycles. The molecule has 32 heavy (non-hydrogen) atoms. The number of amides is 2. The summed E-state index contributed by atoms with van der Waals surface area (Å²) in [4.78, 5) is 44.0. The van der Waals surface area contributed by atoms with Crippen molar-refractivity contribution < 1.29 is 32.0 Å². The van der Waals surface area contributed by atoms with E-state index in [1.54, 1.807) is 26.0 Å². The Labute approximate surface area is 181 Å². The largest absolute Gasteiger partial charge is 0.459 e. The van der Waals surface area contributed by atoms with Gasteiger partial charge in [-0.05, 0) is 35.6 Å². The molecule has 0 fully saturated rings. The molecule has 0 bridgehead atoms. The van der Waals surface area contributed by atoms with E-state index in [9.17, 15) is 27.6 Å². The topological polar surface area (TPSA) is 92.5 Å². The number of aromatic nitrogens is 1. The highest BCUT2D eigenvalue weighted by Crippen LogP contribution is 2.52. The van der Waals surface area contributed by atoms with Crippen LogP contribution in [0.3, 0.4) is 0 Å². The lowest BCUT2D eigenvalue weighted by Gasteiger charge is -2.35. The molecule has 2 aromatic heterocycles. The summed E-state index contributed by atoms with van der Waals surface area (Å²) in [7, 11) is 0. The highest BCUT2D eigenvalue weighted by Gasteiger charge is 2.71. The maximum Gasteiger partial charge on any atom is 0.425 e. The maximum absolute atomic E-state index is 14.6. The second-order valence-corrected chi connectivity index (χ2v) is 8.69. The second kappa shape index (κ2) is 7.32. The lowest BCUT2D eigenvalue weighted by atomic mass is 9.72. The summed E-state index contributed by atoms with van der Waals surface area (Å²) < 4.78 is 48.8. The Morgan fingerprint density at radius 1 is 1.22 bits per heavy atom. The lowest BCUT2D eigenvalue weighted by Crippen LogP contribution is -2.66. The van der Waals surface area contributed by atoms with E-state index >= 15 is 0 Å². The molecule has 0 unspecified atom stereocenters. The van der Waals surface area contributed by atoms with Gasteiger partial charge in [-0.25, -0.2) is 0 Å². The number of pyridine rings is 1. The summed E-state index contributed by atoms with van der Waals surface area (Å²) in [5, 5.41) is 1.81. The van der Waals surface area contributed by atoms with Crippen LogP contribution in [0.1, 0.15) is 42.8 Å². The maximum atomic E-state index is 14.6. The van der Waals surface area contributed by atoms with Gasteiger partial charge in [0.2, 0.25) is 5.54 Å². The van der Waals surface area contributed by atoms with Crippen molar-refractivity contribution in [3.05, 3.63) is 65.5 Å². The number of allylic oxidation sites excluding steroid dienone is 1. The standard InChI is InChI=1S/C22H20F3N3O4/c1-20(2)9-14-17(15(29)10-20)21(22(23,24)25,27-18(30)16-6-4-8-32-16)19(31)28(14)12-13-5-3-7-26-11-13/h3-8,11H,9-10,12H2,1-2H3,(H,27,30)/t21-/m1/s1. The molecule has 1 atom stereocenters. The summed E-state index contributed by atoms with van der Waals surface area (Å²) in [5.74, 6) is -3.90. The zero-order valence-electron chi connectivity index (χ0n) is 17.3. The first kappa shape index (κ1) is 21.8. The highest BCUT2D eigenvalue weighted by molar-refractivity contribution is 6.14. The summed E-state index contributed by atoms with van der Waals surface area (Å²) >= 11 is 0. The molecular weight excluding hydrogens is 427 g/mol. The number of furan rings is 1. The molecule has 1 aliphatic heterocycles. The Kier molecular flexibility index (Phi) is 4.98. The zero-order chi connectivity index (χ0) is 23.3. The van der Waals surface area contributed by atoms with Gasteiger partial charge in [0, 0.05) is 24.5 Å². The Morgan fingerprint density at radius 2 is 1.97 bits per heavy atom. The molecule has 7 nitrogen and oxygen atoms in total. The van der Waals surface area contributed by atoms with Crippen LogP contribution in [0.5, 0.6) is 0 Å². The molecule has 2 aliphatic rings. The van der Waals surface area contributed by atoms with Gasteiger partial charge in [0.25, 0.3) is 11.8 Å². The van der Waals surface area contributed by atoms with E-state index < -0.39 is 46.1 Å². The molecule has 10 heteroatoms. The first-order chi connectivity index (χ1) is 15.0. The van der Waals surface area contributed by atoms with Crippen LogP contribution in [-0.4, -0.2) is 39.2 Å². The molecule has 4 rings (SSSR count). The van der Waals surface area contributed by atoms with Crippen molar-refractivity contribution in [2.45, 2.75) is 44.9 Å². The van der Waals surface area contributed by atoms with E-state index in [1.807, 2.05) is 5.32 Å². The molecule has 0 spiro atoms. The molecule has 2 aromatic rings. The van der Waals surface area contributed by atoms with Gasteiger partial charge in [0.1, 0.15) is 0 Å². The van der Waals surface area contributed by atoms with Crippen LogP contribution in [0.25, 0.3) is 0 Å². The molecule has 0 aromatic carbocycles. The van der Waals surface area contributed by atoms with Crippen LogP contribution in [0.4, 0.5) is 13.2 Å². The van der Waals surface area contributed by atoms with E-state index in [4.69, 9.17) is 4.42 Å². The smallest absolute Gasteiger partial charge is 0.425 e. The molecule has 2 amide bonds. The molecule has 0 radical (unpaired) electrons. The number of nitrogens with zero attached hydrogens (tertiary/aromatic N) is 2. The SMILES string of the molecule is CC1(C)CC(=O)C2=C(C1)N(Cc1cccnc1)C(=O)[C@@]2(NC(=O)c1ccco1)C(F)(F)F. The zero-order valence-corrected chi connectivity index (χ0v) is 17.3. The van der Waals surface area contributed by atoms with E-state index in [0.717, 1.165) is 11.2 Å². The van der Waals surface area contributed by atoms with Crippen molar-refractivity contribution in [1.29, 1.82) is 0 Å². The van der Waals surface area contributed by atoms with Crippen LogP contribution in [0.15, 0.2) is 58.6 Å². The number of alkyl halides is 3. The fourth-order valence-electron chi connectivity index (χ4n) is 4.31. The average molecular weight is 447 g/mol. The normalized spacial score (nSPS) is 22.8. The molecule has 0 saturated heterocycles. The second-order valence-electron chi connectivity index (χ2n) is 8.69. The predicted molar refractivity (Wildman–Crippen MR) is 105 cm³/mol. The molecule has 168 valence electrons. The first-order valence-electron chi connectivity index (χ1n) is 9.87. The van der Waals surface area contributed by atoms with Crippen LogP contribution < -0.4 is 5.32 Å². The summed E-state index contributed by atoms with van der Waals surface area (Å²) in [6, 6.07) is 5.72. The van der Waals surface area contributed by atoms with Crippen molar-refractivity contribution >= 4 is 17.6 Å². The summed E-state index contributed by atoms with van der Waals surface area (Å²) in [6.45, 7) is 3.27. The third-order valence-corrected chi connectivity index (χ3v) is 5.65. The van der Waals surface area contributed by atoms with E-state index in [0.29, 0.717) is 5.56 Å². The van der Waals surface area contributed by atoms with E-state index in [2.05, 4.69) is 4.98 Å². The predicted octanol–water partition coefficient (Wildman–Crippen LogP) is 3.39. The molecular formula is C22H20F3N3O4. The van der Waals surface area contributed by atoms with Crippen LogP contribution in [-0.2, 0) is 16.1 Å². The minimum atomic E-state index is -5.27. The van der Waals surface area contributed by atoms with E-state index in [1.165, 1.54) is 24.5 Å². The van der Waals surface area contributed by atoms with Crippen LogP contribution in [0, 0.1) is 5.41 Å². The lowest BCUT2D eigenvalue weighted by molar-refractivity contribution is -0.191. The van der Waals surface area contributed by atoms with Gasteiger partial charge in [0.15, 0.2) is 11.5 Å². The average Bonchev–Trinajstić information content (AvgIpc) is 3.30. The fourth-order valence-corrected chi connectivity index (χ4v) is 4.31. The Hall–Kier alpha value is -3.43. The number of carbonyl (C=O) groups is 3. The Bertz CT molecular complexity index is 1110. The van der Waals surface area contributed by atoms with Crippen molar-refractivity contribution in [1.82, 2.24) is 15.2 Å². The number of carbonyl (C=O) groups excluding carboxylic acids is 3.